The summed E-state index contributed by atoms with van der Waals surface area (Å²) < 4.78 is 0. The number of nitrogens with zero attached hydrogens (tertiary/aromatic N) is 2. The van der Waals surface area contributed by atoms with Gasteiger partial charge in [-0.05, 0) is 108 Å². The third-order valence-electron chi connectivity index (χ3n) is 12.5. The summed E-state index contributed by atoms with van der Waals surface area (Å²) in [4.78, 5) is 10.3. The van der Waals surface area contributed by atoms with Gasteiger partial charge in [-0.25, -0.2) is 9.97 Å². The van der Waals surface area contributed by atoms with E-state index in [4.69, 9.17) is 9.97 Å². The first-order chi connectivity index (χ1) is 30.0. The van der Waals surface area contributed by atoms with Crippen LogP contribution in [0.4, 0.5) is 0 Å². The van der Waals surface area contributed by atoms with Crippen molar-refractivity contribution in [3.05, 3.63) is 230 Å². The SMILES string of the molecule is CC1(C)c2ccccc2-c2cccc(-c3cccc(-c4cc(-c5ccccc5)cc(-c5ccc(-c6cc(-c7ccccc7)nc(-c7ccccc7)n6)c6ccccc56)c4)c3)c21. The van der Waals surface area contributed by atoms with E-state index in [-0.39, 0.29) is 5.41 Å². The molecule has 0 saturated carbocycles. The highest BCUT2D eigenvalue weighted by Gasteiger charge is 2.37. The predicted octanol–water partition coefficient (Wildman–Crippen LogP) is 15.6. The minimum atomic E-state index is -0.107. The van der Waals surface area contributed by atoms with Crippen LogP contribution in [0.3, 0.4) is 0 Å². The zero-order chi connectivity index (χ0) is 40.9. The van der Waals surface area contributed by atoms with E-state index in [1.807, 2.05) is 24.3 Å². The molecule has 1 aliphatic rings. The highest BCUT2D eigenvalue weighted by atomic mass is 14.9. The Morgan fingerprint density at radius 1 is 0.295 bits per heavy atom. The van der Waals surface area contributed by atoms with E-state index in [2.05, 4.69) is 208 Å². The summed E-state index contributed by atoms with van der Waals surface area (Å²) in [5, 5.41) is 2.32. The van der Waals surface area contributed by atoms with Gasteiger partial charge in [0.2, 0.25) is 0 Å². The molecule has 2 nitrogen and oxygen atoms in total. The molecule has 61 heavy (non-hydrogen) atoms. The molecule has 0 unspecified atom stereocenters. The zero-order valence-corrected chi connectivity index (χ0v) is 34.2. The molecular formula is C59H42N2. The lowest BCUT2D eigenvalue weighted by Crippen LogP contribution is -2.16. The largest absolute Gasteiger partial charge is 0.228 e. The van der Waals surface area contributed by atoms with E-state index >= 15 is 0 Å². The van der Waals surface area contributed by atoms with Crippen LogP contribution in [0, 0.1) is 0 Å². The topological polar surface area (TPSA) is 25.8 Å². The van der Waals surface area contributed by atoms with Gasteiger partial charge in [0, 0.05) is 22.1 Å². The van der Waals surface area contributed by atoms with Crippen LogP contribution in [0.2, 0.25) is 0 Å². The van der Waals surface area contributed by atoms with Gasteiger partial charge in [-0.2, -0.15) is 0 Å². The molecule has 11 rings (SSSR count). The Bertz CT molecular complexity index is 3200. The standard InChI is InChI=1S/C59H42N2/c1-59(2)54-31-15-14-28-51(54)53-30-17-29-48(57(53)59)43-25-16-24-42(34-43)45-35-44(39-18-6-3-7-19-39)36-46(37-45)47-32-33-52(50-27-13-12-26-49(47)50)56-38-55(40-20-8-4-9-21-40)60-58(61-56)41-22-10-5-11-23-41/h3-38H,1-2H3. The number of hydrogen-bond donors (Lipinski definition) is 0. The molecule has 288 valence electrons. The molecule has 0 fully saturated rings. The normalized spacial score (nSPS) is 12.6. The summed E-state index contributed by atoms with van der Waals surface area (Å²) in [5.41, 5.74) is 19.9. The highest BCUT2D eigenvalue weighted by Crippen LogP contribution is 2.52. The second kappa shape index (κ2) is 14.9. The summed E-state index contributed by atoms with van der Waals surface area (Å²) in [7, 11) is 0. The van der Waals surface area contributed by atoms with Gasteiger partial charge in [-0.1, -0.05) is 202 Å². The van der Waals surface area contributed by atoms with Gasteiger partial charge >= 0.3 is 0 Å². The number of benzene rings is 9. The molecule has 0 amide bonds. The molecule has 1 heterocycles. The Kier molecular flexibility index (Phi) is 8.86. The van der Waals surface area contributed by atoms with E-state index in [1.54, 1.807) is 0 Å². The van der Waals surface area contributed by atoms with Crippen LogP contribution in [-0.4, -0.2) is 9.97 Å². The maximum Gasteiger partial charge on any atom is 0.160 e. The maximum absolute atomic E-state index is 5.22. The van der Waals surface area contributed by atoms with Crippen LogP contribution in [0.1, 0.15) is 25.0 Å². The van der Waals surface area contributed by atoms with Crippen molar-refractivity contribution >= 4 is 10.8 Å². The minimum Gasteiger partial charge on any atom is -0.228 e. The van der Waals surface area contributed by atoms with Gasteiger partial charge in [-0.15, -0.1) is 0 Å². The molecule has 2 heteroatoms. The van der Waals surface area contributed by atoms with Crippen LogP contribution >= 0.6 is 0 Å². The molecule has 0 atom stereocenters. The lowest BCUT2D eigenvalue weighted by molar-refractivity contribution is 0.662. The van der Waals surface area contributed by atoms with Crippen LogP contribution in [0.15, 0.2) is 218 Å². The maximum atomic E-state index is 5.22. The fraction of sp³-hybridized carbons (Fsp3) is 0.0508. The lowest BCUT2D eigenvalue weighted by Gasteiger charge is -2.24. The van der Waals surface area contributed by atoms with Crippen molar-refractivity contribution in [2.75, 3.05) is 0 Å². The number of hydrogen-bond acceptors (Lipinski definition) is 2. The van der Waals surface area contributed by atoms with E-state index in [1.165, 1.54) is 72.1 Å². The van der Waals surface area contributed by atoms with Crippen molar-refractivity contribution in [1.82, 2.24) is 9.97 Å². The lowest BCUT2D eigenvalue weighted by atomic mass is 9.78. The molecular weight excluding hydrogens is 737 g/mol. The summed E-state index contributed by atoms with van der Waals surface area (Å²) in [6.45, 7) is 4.73. The van der Waals surface area contributed by atoms with Crippen LogP contribution in [-0.2, 0) is 5.41 Å². The van der Waals surface area contributed by atoms with Gasteiger partial charge in [0.15, 0.2) is 5.82 Å². The smallest absolute Gasteiger partial charge is 0.160 e. The van der Waals surface area contributed by atoms with Crippen molar-refractivity contribution in [2.24, 2.45) is 0 Å². The fourth-order valence-electron chi connectivity index (χ4n) is 9.53. The average molecular weight is 779 g/mol. The van der Waals surface area contributed by atoms with E-state index < -0.39 is 0 Å². The molecule has 0 saturated heterocycles. The quantitative estimate of drug-likeness (QED) is 0.161. The summed E-state index contributed by atoms with van der Waals surface area (Å²) in [5.74, 6) is 0.709. The van der Waals surface area contributed by atoms with Crippen molar-refractivity contribution in [3.8, 4) is 89.5 Å². The zero-order valence-electron chi connectivity index (χ0n) is 34.2. The molecule has 0 spiro atoms. The highest BCUT2D eigenvalue weighted by molar-refractivity contribution is 6.05. The van der Waals surface area contributed by atoms with Gasteiger partial charge in [0.1, 0.15) is 0 Å². The minimum absolute atomic E-state index is 0.107. The van der Waals surface area contributed by atoms with Crippen molar-refractivity contribution in [2.45, 2.75) is 19.3 Å². The first-order valence-corrected chi connectivity index (χ1v) is 21.1. The monoisotopic (exact) mass is 778 g/mol. The van der Waals surface area contributed by atoms with E-state index in [0.29, 0.717) is 5.82 Å². The molecule has 1 aromatic heterocycles. The number of fused-ring (bicyclic) bond motifs is 4. The molecule has 1 aliphatic carbocycles. The van der Waals surface area contributed by atoms with E-state index in [0.717, 1.165) is 33.5 Å². The Hall–Kier alpha value is -7.68. The van der Waals surface area contributed by atoms with Crippen molar-refractivity contribution in [1.29, 1.82) is 0 Å². The molecule has 0 bridgehead atoms. The Morgan fingerprint density at radius 2 is 0.787 bits per heavy atom. The summed E-state index contributed by atoms with van der Waals surface area (Å²) in [6, 6.07) is 78.7. The van der Waals surface area contributed by atoms with Gasteiger partial charge < -0.3 is 0 Å². The second-order valence-corrected chi connectivity index (χ2v) is 16.5. The van der Waals surface area contributed by atoms with Crippen LogP contribution in [0.5, 0.6) is 0 Å². The molecule has 0 N–H and O–H groups in total. The molecule has 10 aromatic rings. The Labute approximate surface area is 357 Å². The fourth-order valence-corrected chi connectivity index (χ4v) is 9.53. The first kappa shape index (κ1) is 36.4. The van der Waals surface area contributed by atoms with E-state index in [9.17, 15) is 0 Å². The third kappa shape index (κ3) is 6.45. The summed E-state index contributed by atoms with van der Waals surface area (Å²) in [6.07, 6.45) is 0. The average Bonchev–Trinajstić information content (AvgIpc) is 3.57. The first-order valence-electron chi connectivity index (χ1n) is 21.1. The second-order valence-electron chi connectivity index (χ2n) is 16.5. The van der Waals surface area contributed by atoms with Crippen LogP contribution < -0.4 is 0 Å². The van der Waals surface area contributed by atoms with Crippen molar-refractivity contribution < 1.29 is 0 Å². The predicted molar refractivity (Wildman–Crippen MR) is 255 cm³/mol. The Morgan fingerprint density at radius 3 is 1.54 bits per heavy atom. The molecule has 0 aliphatic heterocycles. The van der Waals surface area contributed by atoms with Gasteiger partial charge in [0.05, 0.1) is 11.4 Å². The third-order valence-corrected chi connectivity index (χ3v) is 12.5. The molecule has 9 aromatic carbocycles. The van der Waals surface area contributed by atoms with Gasteiger partial charge in [0.25, 0.3) is 0 Å². The number of rotatable bonds is 7. The molecule has 0 radical (unpaired) electrons. The van der Waals surface area contributed by atoms with Crippen molar-refractivity contribution in [3.63, 3.8) is 0 Å². The number of aromatic nitrogens is 2. The van der Waals surface area contributed by atoms with Gasteiger partial charge in [-0.3, -0.25) is 0 Å². The summed E-state index contributed by atoms with van der Waals surface area (Å²) >= 11 is 0. The van der Waals surface area contributed by atoms with Crippen LogP contribution in [0.25, 0.3) is 100 Å². The Balaban J connectivity index is 1.07.